The molecule has 4 aromatic rings. The number of hydrogen-bond donors (Lipinski definition) is 2. The van der Waals surface area contributed by atoms with Crippen molar-refractivity contribution in [3.8, 4) is 22.8 Å². The number of nitrogens with one attached hydrogen (secondary N) is 1. The number of aromatic nitrogens is 4. The summed E-state index contributed by atoms with van der Waals surface area (Å²) in [6.07, 6.45) is 3.49. The molecule has 0 amide bonds. The van der Waals surface area contributed by atoms with Crippen molar-refractivity contribution in [1.82, 2.24) is 25.1 Å². The van der Waals surface area contributed by atoms with Gasteiger partial charge in [0.15, 0.2) is 23.0 Å². The van der Waals surface area contributed by atoms with Crippen molar-refractivity contribution in [1.29, 1.82) is 0 Å². The molecule has 31 heavy (non-hydrogen) atoms. The van der Waals surface area contributed by atoms with Gasteiger partial charge in [-0.1, -0.05) is 6.07 Å². The van der Waals surface area contributed by atoms with Crippen LogP contribution in [0.25, 0.3) is 22.3 Å². The minimum atomic E-state index is -0.764. The topological polar surface area (TPSA) is 90.9 Å². The van der Waals surface area contributed by atoms with Gasteiger partial charge in [-0.05, 0) is 55.8 Å². The Morgan fingerprint density at radius 1 is 1.06 bits per heavy atom. The molecule has 5 rings (SSSR count). The van der Waals surface area contributed by atoms with Crippen LogP contribution in [-0.4, -0.2) is 32.8 Å². The molecular formula is C22H20F2N6O. The molecule has 0 radical (unpaired) electrons. The molecule has 1 unspecified atom stereocenters. The molecule has 1 aliphatic heterocycles. The first-order valence-corrected chi connectivity index (χ1v) is 10.0. The lowest BCUT2D eigenvalue weighted by Crippen LogP contribution is -2.32. The van der Waals surface area contributed by atoms with Crippen molar-refractivity contribution < 1.29 is 13.5 Å². The number of benzene rings is 2. The predicted molar refractivity (Wildman–Crippen MR) is 113 cm³/mol. The second kappa shape index (κ2) is 7.92. The second-order valence-corrected chi connectivity index (χ2v) is 7.43. The molecule has 0 aliphatic carbocycles. The van der Waals surface area contributed by atoms with Crippen LogP contribution in [0.2, 0.25) is 0 Å². The van der Waals surface area contributed by atoms with Gasteiger partial charge in [0, 0.05) is 12.1 Å². The van der Waals surface area contributed by atoms with Crippen LogP contribution < -0.4 is 15.8 Å². The summed E-state index contributed by atoms with van der Waals surface area (Å²) in [5, 5.41) is 8.89. The molecule has 2 aromatic carbocycles. The van der Waals surface area contributed by atoms with Gasteiger partial charge >= 0.3 is 0 Å². The summed E-state index contributed by atoms with van der Waals surface area (Å²) in [7, 11) is 0. The van der Waals surface area contributed by atoms with Gasteiger partial charge < -0.3 is 15.8 Å². The lowest BCUT2D eigenvalue weighted by atomic mass is 10.1. The van der Waals surface area contributed by atoms with E-state index in [1.807, 2.05) is 4.68 Å². The lowest BCUT2D eigenvalue weighted by Gasteiger charge is -2.23. The molecule has 0 spiro atoms. The van der Waals surface area contributed by atoms with Gasteiger partial charge in [-0.25, -0.2) is 23.4 Å². The third kappa shape index (κ3) is 3.57. The quantitative estimate of drug-likeness (QED) is 0.515. The number of halogens is 2. The van der Waals surface area contributed by atoms with Crippen molar-refractivity contribution in [3.63, 3.8) is 0 Å². The minimum Gasteiger partial charge on any atom is -0.451 e. The first kappa shape index (κ1) is 19.4. The average molecular weight is 422 g/mol. The van der Waals surface area contributed by atoms with Crippen LogP contribution in [-0.2, 0) is 0 Å². The Balaban J connectivity index is 1.52. The van der Waals surface area contributed by atoms with Crippen LogP contribution in [0.4, 0.5) is 14.6 Å². The molecule has 158 valence electrons. The summed E-state index contributed by atoms with van der Waals surface area (Å²) in [6.45, 7) is 1.80. The summed E-state index contributed by atoms with van der Waals surface area (Å²) in [5.74, 6) is -1.31. The van der Waals surface area contributed by atoms with E-state index in [1.54, 1.807) is 24.3 Å². The van der Waals surface area contributed by atoms with Crippen molar-refractivity contribution in [3.05, 3.63) is 60.4 Å². The first-order valence-electron chi connectivity index (χ1n) is 10.0. The van der Waals surface area contributed by atoms with Gasteiger partial charge in [0.25, 0.3) is 0 Å². The maximum atomic E-state index is 13.9. The Bertz CT molecular complexity index is 1210. The highest BCUT2D eigenvalue weighted by atomic mass is 19.1. The Kier molecular flexibility index (Phi) is 4.95. The van der Waals surface area contributed by atoms with E-state index in [-0.39, 0.29) is 6.04 Å². The number of hydrogen-bond acceptors (Lipinski definition) is 6. The monoisotopic (exact) mass is 422 g/mol. The van der Waals surface area contributed by atoms with E-state index in [0.717, 1.165) is 43.6 Å². The fourth-order valence-corrected chi connectivity index (χ4v) is 3.87. The molecule has 9 heteroatoms. The highest BCUT2D eigenvalue weighted by Crippen LogP contribution is 2.34. The number of rotatable bonds is 4. The number of fused-ring (bicyclic) bond motifs is 1. The van der Waals surface area contributed by atoms with Crippen LogP contribution >= 0.6 is 0 Å². The van der Waals surface area contributed by atoms with E-state index in [2.05, 4.69) is 15.3 Å². The van der Waals surface area contributed by atoms with Gasteiger partial charge in [0.2, 0.25) is 0 Å². The van der Waals surface area contributed by atoms with Crippen LogP contribution in [0, 0.1) is 11.6 Å². The molecule has 3 N–H and O–H groups in total. The summed E-state index contributed by atoms with van der Waals surface area (Å²) < 4.78 is 35.1. The maximum Gasteiger partial charge on any atom is 0.198 e. The normalized spacial score (nSPS) is 16.5. The maximum absolute atomic E-state index is 13.9. The molecular weight excluding hydrogens is 402 g/mol. The Morgan fingerprint density at radius 3 is 2.55 bits per heavy atom. The number of piperidine rings is 1. The van der Waals surface area contributed by atoms with Gasteiger partial charge in [0.05, 0.1) is 11.4 Å². The largest absolute Gasteiger partial charge is 0.451 e. The van der Waals surface area contributed by atoms with Gasteiger partial charge in [-0.2, -0.15) is 5.10 Å². The third-order valence-corrected chi connectivity index (χ3v) is 5.40. The first-order chi connectivity index (χ1) is 15.1. The smallest absolute Gasteiger partial charge is 0.198 e. The molecule has 3 heterocycles. The van der Waals surface area contributed by atoms with Crippen LogP contribution in [0.1, 0.15) is 18.9 Å². The molecule has 7 nitrogen and oxygen atoms in total. The molecule has 0 bridgehead atoms. The standard InChI is InChI=1S/C22H20F2N6O/c23-16-4-1-5-17(24)20(16)31-15-8-6-13(7-9-15)19-18-21(25)27-12-28-22(18)30(29-19)14-3-2-10-26-11-14/h1,4-9,12,14,26H,2-3,10-11H2,(H2,25,27,28). The fraction of sp³-hybridized carbons (Fsp3) is 0.227. The zero-order chi connectivity index (χ0) is 21.4. The zero-order valence-corrected chi connectivity index (χ0v) is 16.6. The number of nitrogens with two attached hydrogens (primary N) is 1. The van der Waals surface area contributed by atoms with Crippen LogP contribution in [0.5, 0.6) is 11.5 Å². The van der Waals surface area contributed by atoms with Crippen LogP contribution in [0.15, 0.2) is 48.8 Å². The van der Waals surface area contributed by atoms with E-state index < -0.39 is 17.4 Å². The average Bonchev–Trinajstić information content (AvgIpc) is 3.19. The molecule has 1 aliphatic rings. The van der Waals surface area contributed by atoms with Crippen molar-refractivity contribution in [2.24, 2.45) is 0 Å². The highest BCUT2D eigenvalue weighted by Gasteiger charge is 2.23. The van der Waals surface area contributed by atoms with E-state index >= 15 is 0 Å². The summed E-state index contributed by atoms with van der Waals surface area (Å²) in [5.41, 5.74) is 8.29. The third-order valence-electron chi connectivity index (χ3n) is 5.40. The van der Waals surface area contributed by atoms with Gasteiger partial charge in [0.1, 0.15) is 23.6 Å². The van der Waals surface area contributed by atoms with E-state index in [9.17, 15) is 8.78 Å². The summed E-state index contributed by atoms with van der Waals surface area (Å²) >= 11 is 0. The molecule has 1 atom stereocenters. The summed E-state index contributed by atoms with van der Waals surface area (Å²) in [6, 6.07) is 10.6. The van der Waals surface area contributed by atoms with Crippen molar-refractivity contribution in [2.45, 2.75) is 18.9 Å². The van der Waals surface area contributed by atoms with Gasteiger partial charge in [-0.15, -0.1) is 0 Å². The SMILES string of the molecule is Nc1ncnc2c1c(-c1ccc(Oc3c(F)cccc3F)cc1)nn2C1CCCNC1. The van der Waals surface area contributed by atoms with Crippen molar-refractivity contribution >= 4 is 16.9 Å². The second-order valence-electron chi connectivity index (χ2n) is 7.43. The zero-order valence-electron chi connectivity index (χ0n) is 16.6. The van der Waals surface area contributed by atoms with E-state index in [4.69, 9.17) is 15.6 Å². The minimum absolute atomic E-state index is 0.172. The number of para-hydroxylation sites is 1. The number of nitrogens with zero attached hydrogens (tertiary/aromatic N) is 4. The Hall–Kier alpha value is -3.59. The molecule has 0 saturated carbocycles. The number of anilines is 1. The van der Waals surface area contributed by atoms with E-state index in [1.165, 1.54) is 12.4 Å². The Morgan fingerprint density at radius 2 is 1.84 bits per heavy atom. The highest BCUT2D eigenvalue weighted by molar-refractivity contribution is 5.98. The molecule has 1 fully saturated rings. The predicted octanol–water partition coefficient (Wildman–Crippen LogP) is 4.07. The lowest BCUT2D eigenvalue weighted by molar-refractivity contribution is 0.354. The molecule has 2 aromatic heterocycles. The summed E-state index contributed by atoms with van der Waals surface area (Å²) in [4.78, 5) is 8.56. The number of ether oxygens (including phenoxy) is 1. The van der Waals surface area contributed by atoms with Crippen LogP contribution in [0.3, 0.4) is 0 Å². The molecule has 1 saturated heterocycles. The fourth-order valence-electron chi connectivity index (χ4n) is 3.87. The Labute approximate surface area is 176 Å². The van der Waals surface area contributed by atoms with Gasteiger partial charge in [-0.3, -0.25) is 0 Å². The van der Waals surface area contributed by atoms with E-state index in [0.29, 0.717) is 28.3 Å². The number of nitrogen functional groups attached to an aromatic ring is 1. The van der Waals surface area contributed by atoms with Crippen molar-refractivity contribution in [2.75, 3.05) is 18.8 Å².